The fraction of sp³-hybridized carbons (Fsp3) is 0.412. The summed E-state index contributed by atoms with van der Waals surface area (Å²) in [6.07, 6.45) is 4.06. The van der Waals surface area contributed by atoms with E-state index in [1.807, 2.05) is 4.90 Å². The van der Waals surface area contributed by atoms with Gasteiger partial charge in [0.25, 0.3) is 5.91 Å². The SMILES string of the molecule is CC1(C)CN(C(=O)c2cnn(-c3ccc(Cl)cc3Cl)c2)CCC1N.Cl. The normalized spacial score (nSPS) is 19.4. The van der Waals surface area contributed by atoms with Crippen LogP contribution in [-0.4, -0.2) is 39.7 Å². The molecule has 1 aromatic heterocycles. The van der Waals surface area contributed by atoms with Crippen LogP contribution in [0, 0.1) is 5.41 Å². The molecule has 25 heavy (non-hydrogen) atoms. The van der Waals surface area contributed by atoms with Gasteiger partial charge in [-0.05, 0) is 30.0 Å². The van der Waals surface area contributed by atoms with Crippen LogP contribution in [-0.2, 0) is 0 Å². The summed E-state index contributed by atoms with van der Waals surface area (Å²) < 4.78 is 1.59. The standard InChI is InChI=1S/C17H20Cl2N4O.ClH/c1-17(2)10-22(6-5-15(17)20)16(24)11-8-21-23(9-11)14-4-3-12(18)7-13(14)19;/h3-4,7-9,15H,5-6,10,20H2,1-2H3;1H. The molecule has 1 aromatic carbocycles. The first kappa shape index (κ1) is 20.0. The maximum absolute atomic E-state index is 12.8. The maximum Gasteiger partial charge on any atom is 0.257 e. The first-order chi connectivity index (χ1) is 11.3. The topological polar surface area (TPSA) is 64.2 Å². The van der Waals surface area contributed by atoms with E-state index in [9.17, 15) is 4.79 Å². The van der Waals surface area contributed by atoms with E-state index in [4.69, 9.17) is 28.9 Å². The first-order valence-electron chi connectivity index (χ1n) is 7.83. The Morgan fingerprint density at radius 2 is 2.08 bits per heavy atom. The Bertz CT molecular complexity index is 775. The van der Waals surface area contributed by atoms with Crippen molar-refractivity contribution < 1.29 is 4.79 Å². The van der Waals surface area contributed by atoms with Gasteiger partial charge >= 0.3 is 0 Å². The van der Waals surface area contributed by atoms with Crippen LogP contribution >= 0.6 is 35.6 Å². The number of likely N-dealkylation sites (tertiary alicyclic amines) is 1. The van der Waals surface area contributed by atoms with E-state index in [2.05, 4.69) is 18.9 Å². The van der Waals surface area contributed by atoms with Gasteiger partial charge in [-0.15, -0.1) is 12.4 Å². The minimum atomic E-state index is -0.0939. The molecular weight excluding hydrogens is 383 g/mol. The number of nitrogens with two attached hydrogens (primary N) is 1. The van der Waals surface area contributed by atoms with Gasteiger partial charge in [0.1, 0.15) is 0 Å². The van der Waals surface area contributed by atoms with Gasteiger partial charge in [0.05, 0.1) is 22.5 Å². The van der Waals surface area contributed by atoms with Gasteiger partial charge in [-0.1, -0.05) is 37.0 Å². The summed E-state index contributed by atoms with van der Waals surface area (Å²) in [6, 6.07) is 5.27. The zero-order valence-corrected chi connectivity index (χ0v) is 16.4. The zero-order valence-electron chi connectivity index (χ0n) is 14.1. The molecule has 1 amide bonds. The van der Waals surface area contributed by atoms with Gasteiger partial charge in [0, 0.05) is 30.4 Å². The van der Waals surface area contributed by atoms with Gasteiger partial charge in [0.2, 0.25) is 0 Å². The minimum absolute atomic E-state index is 0. The number of hydrogen-bond donors (Lipinski definition) is 1. The van der Waals surface area contributed by atoms with Gasteiger partial charge in [0.15, 0.2) is 0 Å². The van der Waals surface area contributed by atoms with Crippen LogP contribution in [0.25, 0.3) is 5.69 Å². The summed E-state index contributed by atoms with van der Waals surface area (Å²) in [7, 11) is 0. The fourth-order valence-electron chi connectivity index (χ4n) is 2.96. The van der Waals surface area contributed by atoms with Crippen molar-refractivity contribution in [2.75, 3.05) is 13.1 Å². The number of carbonyl (C=O) groups is 1. The number of benzene rings is 1. The van der Waals surface area contributed by atoms with Crippen molar-refractivity contribution >= 4 is 41.5 Å². The molecule has 2 heterocycles. The van der Waals surface area contributed by atoms with Crippen molar-refractivity contribution in [1.82, 2.24) is 14.7 Å². The molecule has 0 bridgehead atoms. The summed E-state index contributed by atoms with van der Waals surface area (Å²) in [5.41, 5.74) is 7.26. The molecule has 0 spiro atoms. The molecule has 0 saturated carbocycles. The lowest BCUT2D eigenvalue weighted by atomic mass is 9.79. The average Bonchev–Trinajstić information content (AvgIpc) is 2.98. The van der Waals surface area contributed by atoms with Gasteiger partial charge in [-0.3, -0.25) is 4.79 Å². The van der Waals surface area contributed by atoms with Crippen molar-refractivity contribution in [2.24, 2.45) is 11.1 Å². The summed E-state index contributed by atoms with van der Waals surface area (Å²) >= 11 is 12.1. The monoisotopic (exact) mass is 402 g/mol. The van der Waals surface area contributed by atoms with E-state index < -0.39 is 0 Å². The van der Waals surface area contributed by atoms with Gasteiger partial charge < -0.3 is 10.6 Å². The molecule has 2 N–H and O–H groups in total. The molecule has 3 rings (SSSR count). The lowest BCUT2D eigenvalue weighted by Gasteiger charge is -2.42. The maximum atomic E-state index is 12.8. The van der Waals surface area contributed by atoms with E-state index in [0.717, 1.165) is 6.42 Å². The number of rotatable bonds is 2. The summed E-state index contributed by atoms with van der Waals surface area (Å²) in [5.74, 6) is -0.0358. The predicted octanol–water partition coefficient (Wildman–Crippen LogP) is 3.80. The van der Waals surface area contributed by atoms with Crippen molar-refractivity contribution in [3.05, 3.63) is 46.2 Å². The number of carbonyl (C=O) groups excluding carboxylic acids is 1. The third-order valence-corrected chi connectivity index (χ3v) is 5.12. The molecule has 5 nitrogen and oxygen atoms in total. The van der Waals surface area contributed by atoms with Crippen LogP contribution in [0.1, 0.15) is 30.6 Å². The number of piperidine rings is 1. The molecule has 2 aromatic rings. The Kier molecular flexibility index (Phi) is 6.05. The Morgan fingerprint density at radius 1 is 1.36 bits per heavy atom. The molecule has 1 fully saturated rings. The molecule has 1 aliphatic heterocycles. The van der Waals surface area contributed by atoms with E-state index in [1.54, 1.807) is 35.3 Å². The molecule has 1 unspecified atom stereocenters. The molecule has 0 aliphatic carbocycles. The molecular formula is C17H21Cl3N4O. The molecule has 136 valence electrons. The highest BCUT2D eigenvalue weighted by Gasteiger charge is 2.35. The van der Waals surface area contributed by atoms with E-state index in [-0.39, 0.29) is 29.8 Å². The van der Waals surface area contributed by atoms with Crippen LogP contribution in [0.3, 0.4) is 0 Å². The van der Waals surface area contributed by atoms with Crippen molar-refractivity contribution in [1.29, 1.82) is 0 Å². The number of amides is 1. The summed E-state index contributed by atoms with van der Waals surface area (Å²) in [4.78, 5) is 14.6. The van der Waals surface area contributed by atoms with Gasteiger partial charge in [-0.25, -0.2) is 4.68 Å². The van der Waals surface area contributed by atoms with E-state index in [1.165, 1.54) is 0 Å². The van der Waals surface area contributed by atoms with Crippen molar-refractivity contribution in [3.63, 3.8) is 0 Å². The van der Waals surface area contributed by atoms with Crippen molar-refractivity contribution in [2.45, 2.75) is 26.3 Å². The van der Waals surface area contributed by atoms with Crippen LogP contribution in [0.15, 0.2) is 30.6 Å². The molecule has 1 aliphatic rings. The van der Waals surface area contributed by atoms with Crippen LogP contribution in [0.5, 0.6) is 0 Å². The fourth-order valence-corrected chi connectivity index (χ4v) is 3.46. The minimum Gasteiger partial charge on any atom is -0.338 e. The lowest BCUT2D eigenvalue weighted by molar-refractivity contribution is 0.0533. The quantitative estimate of drug-likeness (QED) is 0.829. The van der Waals surface area contributed by atoms with E-state index in [0.29, 0.717) is 34.4 Å². The number of halogens is 3. The summed E-state index contributed by atoms with van der Waals surface area (Å²) in [5, 5.41) is 5.30. The molecule has 1 atom stereocenters. The van der Waals surface area contributed by atoms with Crippen LogP contribution in [0.4, 0.5) is 0 Å². The highest BCUT2D eigenvalue weighted by molar-refractivity contribution is 6.35. The van der Waals surface area contributed by atoms with Gasteiger partial charge in [-0.2, -0.15) is 5.10 Å². The number of aromatic nitrogens is 2. The van der Waals surface area contributed by atoms with Crippen LogP contribution in [0.2, 0.25) is 10.0 Å². The second-order valence-corrected chi connectivity index (χ2v) is 7.72. The number of hydrogen-bond acceptors (Lipinski definition) is 3. The first-order valence-corrected chi connectivity index (χ1v) is 8.58. The predicted molar refractivity (Wildman–Crippen MR) is 103 cm³/mol. The zero-order chi connectivity index (χ0) is 17.5. The average molecular weight is 404 g/mol. The third-order valence-electron chi connectivity index (χ3n) is 4.59. The largest absolute Gasteiger partial charge is 0.338 e. The lowest BCUT2D eigenvalue weighted by Crippen LogP contribution is -2.53. The molecule has 1 saturated heterocycles. The second kappa shape index (κ2) is 7.54. The number of nitrogens with zero attached hydrogens (tertiary/aromatic N) is 3. The smallest absolute Gasteiger partial charge is 0.257 e. The molecule has 8 heteroatoms. The Morgan fingerprint density at radius 3 is 2.72 bits per heavy atom. The Hall–Kier alpha value is -1.27. The summed E-state index contributed by atoms with van der Waals surface area (Å²) in [6.45, 7) is 5.48. The van der Waals surface area contributed by atoms with Crippen LogP contribution < -0.4 is 5.73 Å². The van der Waals surface area contributed by atoms with E-state index >= 15 is 0 Å². The third kappa shape index (κ3) is 4.11. The Labute approximate surface area is 163 Å². The Balaban J connectivity index is 0.00000225. The highest BCUT2D eigenvalue weighted by atomic mass is 35.5. The molecule has 0 radical (unpaired) electrons. The highest BCUT2D eigenvalue weighted by Crippen LogP contribution is 2.29. The second-order valence-electron chi connectivity index (χ2n) is 6.88. The van der Waals surface area contributed by atoms with Crippen molar-refractivity contribution in [3.8, 4) is 5.69 Å².